The zero-order chi connectivity index (χ0) is 11.4. The third-order valence-electron chi connectivity index (χ3n) is 2.10. The summed E-state index contributed by atoms with van der Waals surface area (Å²) in [6, 6.07) is 4.11. The molecule has 0 saturated carbocycles. The first-order chi connectivity index (χ1) is 7.86. The molecule has 0 atom stereocenters. The predicted molar refractivity (Wildman–Crippen MR) is 69.9 cm³/mol. The summed E-state index contributed by atoms with van der Waals surface area (Å²) >= 11 is 3.36. The number of rotatable bonds is 5. The normalized spacial score (nSPS) is 10.6. The van der Waals surface area contributed by atoms with Gasteiger partial charge in [0.2, 0.25) is 0 Å². The average molecular weight is 251 g/mol. The Balaban J connectivity index is 2.33. The van der Waals surface area contributed by atoms with Crippen molar-refractivity contribution in [3.63, 3.8) is 0 Å². The van der Waals surface area contributed by atoms with Crippen LogP contribution in [0.5, 0.6) is 0 Å². The van der Waals surface area contributed by atoms with Gasteiger partial charge in [-0.1, -0.05) is 23.9 Å². The molecule has 2 aromatic rings. The van der Waals surface area contributed by atoms with Crippen molar-refractivity contribution in [2.24, 2.45) is 0 Å². The quantitative estimate of drug-likeness (QED) is 0.603. The highest BCUT2D eigenvalue weighted by atomic mass is 32.2. The van der Waals surface area contributed by atoms with Crippen molar-refractivity contribution in [2.45, 2.75) is 18.6 Å². The lowest BCUT2D eigenvalue weighted by molar-refractivity contribution is 0.688. The maximum absolute atomic E-state index is 4.25. The van der Waals surface area contributed by atoms with Crippen molar-refractivity contribution >= 4 is 23.1 Å². The fourth-order valence-electron chi connectivity index (χ4n) is 1.40. The van der Waals surface area contributed by atoms with E-state index in [1.165, 1.54) is 4.88 Å². The molecule has 0 saturated heterocycles. The van der Waals surface area contributed by atoms with Crippen LogP contribution in [0.1, 0.15) is 6.92 Å². The molecule has 0 aliphatic heterocycles. The van der Waals surface area contributed by atoms with Crippen molar-refractivity contribution in [3.05, 3.63) is 30.2 Å². The number of thioether (sulfide) groups is 1. The molecule has 3 nitrogen and oxygen atoms in total. The minimum absolute atomic E-state index is 0.864. The van der Waals surface area contributed by atoms with Gasteiger partial charge in [0.15, 0.2) is 11.0 Å². The minimum atomic E-state index is 0.864. The molecule has 0 N–H and O–H groups in total. The van der Waals surface area contributed by atoms with E-state index in [1.807, 2.05) is 12.1 Å². The zero-order valence-electron chi connectivity index (χ0n) is 9.09. The molecule has 2 rings (SSSR count). The Labute approximate surface area is 103 Å². The van der Waals surface area contributed by atoms with E-state index in [0.29, 0.717) is 0 Å². The van der Waals surface area contributed by atoms with Gasteiger partial charge in [-0.25, -0.2) is 0 Å². The molecule has 0 unspecified atom stereocenters. The fourth-order valence-corrected chi connectivity index (χ4v) is 2.86. The SMILES string of the molecule is C=CCSc1nnc(-c2cccs2)n1CC. The summed E-state index contributed by atoms with van der Waals surface area (Å²) in [4.78, 5) is 1.17. The molecule has 0 aliphatic carbocycles. The van der Waals surface area contributed by atoms with Crippen molar-refractivity contribution in [1.29, 1.82) is 0 Å². The lowest BCUT2D eigenvalue weighted by Crippen LogP contribution is -1.98. The summed E-state index contributed by atoms with van der Waals surface area (Å²) in [7, 11) is 0. The molecule has 0 radical (unpaired) electrons. The first kappa shape index (κ1) is 11.4. The topological polar surface area (TPSA) is 30.7 Å². The molecule has 0 aromatic carbocycles. The molecule has 5 heteroatoms. The lowest BCUT2D eigenvalue weighted by atomic mass is 10.4. The largest absolute Gasteiger partial charge is 0.302 e. The van der Waals surface area contributed by atoms with Crippen LogP contribution in [-0.4, -0.2) is 20.5 Å². The third-order valence-corrected chi connectivity index (χ3v) is 3.93. The monoisotopic (exact) mass is 251 g/mol. The van der Waals surface area contributed by atoms with Crippen LogP contribution in [0.4, 0.5) is 0 Å². The van der Waals surface area contributed by atoms with Gasteiger partial charge in [0.1, 0.15) is 0 Å². The van der Waals surface area contributed by atoms with E-state index in [1.54, 1.807) is 23.1 Å². The van der Waals surface area contributed by atoms with Gasteiger partial charge in [-0.05, 0) is 18.4 Å². The van der Waals surface area contributed by atoms with Gasteiger partial charge in [0.25, 0.3) is 0 Å². The molecule has 2 heterocycles. The van der Waals surface area contributed by atoms with Gasteiger partial charge in [0, 0.05) is 12.3 Å². The van der Waals surface area contributed by atoms with E-state index in [4.69, 9.17) is 0 Å². The van der Waals surface area contributed by atoms with Crippen LogP contribution in [0, 0.1) is 0 Å². The van der Waals surface area contributed by atoms with Crippen LogP contribution < -0.4 is 0 Å². The number of thiophene rings is 1. The smallest absolute Gasteiger partial charge is 0.191 e. The van der Waals surface area contributed by atoms with Crippen LogP contribution in [-0.2, 0) is 6.54 Å². The number of nitrogens with zero attached hydrogens (tertiary/aromatic N) is 3. The van der Waals surface area contributed by atoms with E-state index in [-0.39, 0.29) is 0 Å². The molecule has 0 amide bonds. The molecular formula is C11H13N3S2. The van der Waals surface area contributed by atoms with Crippen LogP contribution in [0.25, 0.3) is 10.7 Å². The van der Waals surface area contributed by atoms with Gasteiger partial charge >= 0.3 is 0 Å². The molecule has 0 fully saturated rings. The van der Waals surface area contributed by atoms with Crippen molar-refractivity contribution in [2.75, 3.05) is 5.75 Å². The Bertz CT molecular complexity index is 460. The van der Waals surface area contributed by atoms with Gasteiger partial charge < -0.3 is 4.57 Å². The molecule has 0 bridgehead atoms. The molecule has 0 spiro atoms. The molecule has 2 aromatic heterocycles. The zero-order valence-corrected chi connectivity index (χ0v) is 10.7. The van der Waals surface area contributed by atoms with Gasteiger partial charge in [-0.2, -0.15) is 0 Å². The minimum Gasteiger partial charge on any atom is -0.302 e. The summed E-state index contributed by atoms with van der Waals surface area (Å²) in [5.74, 6) is 1.83. The lowest BCUT2D eigenvalue weighted by Gasteiger charge is -2.04. The van der Waals surface area contributed by atoms with Gasteiger partial charge in [0.05, 0.1) is 4.88 Å². The summed E-state index contributed by atoms with van der Waals surface area (Å²) in [5.41, 5.74) is 0. The molecule has 16 heavy (non-hydrogen) atoms. The van der Waals surface area contributed by atoms with E-state index in [9.17, 15) is 0 Å². The van der Waals surface area contributed by atoms with Crippen molar-refractivity contribution in [1.82, 2.24) is 14.8 Å². The summed E-state index contributed by atoms with van der Waals surface area (Å²) in [6.07, 6.45) is 1.88. The Hall–Kier alpha value is -1.07. The first-order valence-corrected chi connectivity index (χ1v) is 6.94. The molecular weight excluding hydrogens is 238 g/mol. The maximum Gasteiger partial charge on any atom is 0.191 e. The second-order valence-electron chi connectivity index (χ2n) is 3.13. The highest BCUT2D eigenvalue weighted by Gasteiger charge is 2.12. The Kier molecular flexibility index (Phi) is 3.79. The highest BCUT2D eigenvalue weighted by Crippen LogP contribution is 2.26. The summed E-state index contributed by atoms with van der Waals surface area (Å²) in [6.45, 7) is 6.71. The fraction of sp³-hybridized carbons (Fsp3) is 0.273. The second kappa shape index (κ2) is 5.32. The van der Waals surface area contributed by atoms with Gasteiger partial charge in [-0.3, -0.25) is 0 Å². The highest BCUT2D eigenvalue weighted by molar-refractivity contribution is 7.99. The maximum atomic E-state index is 4.25. The third kappa shape index (κ3) is 2.20. The number of aromatic nitrogens is 3. The standard InChI is InChI=1S/C11H13N3S2/c1-3-7-16-11-13-12-10(14(11)4-2)9-6-5-8-15-9/h3,5-6,8H,1,4,7H2,2H3. The van der Waals surface area contributed by atoms with Crippen LogP contribution >= 0.6 is 23.1 Å². The number of hydrogen-bond donors (Lipinski definition) is 0. The van der Waals surface area contributed by atoms with Crippen molar-refractivity contribution in [3.8, 4) is 10.7 Å². The van der Waals surface area contributed by atoms with Gasteiger partial charge in [-0.15, -0.1) is 28.1 Å². The number of hydrogen-bond acceptors (Lipinski definition) is 4. The predicted octanol–water partition coefficient (Wildman–Crippen LogP) is 3.30. The van der Waals surface area contributed by atoms with Crippen LogP contribution in [0.15, 0.2) is 35.3 Å². The van der Waals surface area contributed by atoms with Crippen LogP contribution in [0.3, 0.4) is 0 Å². The molecule has 0 aliphatic rings. The Morgan fingerprint density at radius 3 is 3.06 bits per heavy atom. The first-order valence-electron chi connectivity index (χ1n) is 5.07. The molecule has 84 valence electrons. The van der Waals surface area contributed by atoms with E-state index in [2.05, 4.69) is 39.7 Å². The second-order valence-corrected chi connectivity index (χ2v) is 5.06. The van der Waals surface area contributed by atoms with E-state index in [0.717, 1.165) is 23.3 Å². The average Bonchev–Trinajstić information content (AvgIpc) is 2.94. The summed E-state index contributed by atoms with van der Waals surface area (Å²) < 4.78 is 2.14. The Morgan fingerprint density at radius 2 is 2.44 bits per heavy atom. The van der Waals surface area contributed by atoms with Crippen molar-refractivity contribution < 1.29 is 0 Å². The van der Waals surface area contributed by atoms with E-state index < -0.39 is 0 Å². The Morgan fingerprint density at radius 1 is 1.56 bits per heavy atom. The summed E-state index contributed by atoms with van der Waals surface area (Å²) in [5, 5.41) is 11.5. The van der Waals surface area contributed by atoms with Crippen LogP contribution in [0.2, 0.25) is 0 Å². The van der Waals surface area contributed by atoms with E-state index >= 15 is 0 Å².